The standard InChI is InChI=1S/C14H11Cl2N3O3S/c1-8-9(15)6-18-14(13(8)16)19-10(20)7-22-12(21)3-2-11-17-4-5-23-11/h2-6H,7H2,1H3,(H,18,19,20). The van der Waals surface area contributed by atoms with Crippen molar-refractivity contribution in [3.63, 3.8) is 0 Å². The average molecular weight is 372 g/mol. The Hall–Kier alpha value is -1.96. The number of nitrogens with one attached hydrogen (secondary N) is 1. The second kappa shape index (κ2) is 8.05. The number of aromatic nitrogens is 2. The average Bonchev–Trinajstić information content (AvgIpc) is 3.05. The highest BCUT2D eigenvalue weighted by Gasteiger charge is 2.12. The number of pyridine rings is 1. The van der Waals surface area contributed by atoms with Crippen molar-refractivity contribution in [3.8, 4) is 0 Å². The van der Waals surface area contributed by atoms with Crippen LogP contribution in [0.1, 0.15) is 10.6 Å². The van der Waals surface area contributed by atoms with Crippen molar-refractivity contribution in [3.05, 3.63) is 44.5 Å². The third kappa shape index (κ3) is 5.02. The second-order valence-electron chi connectivity index (χ2n) is 4.25. The van der Waals surface area contributed by atoms with Crippen LogP contribution >= 0.6 is 34.5 Å². The van der Waals surface area contributed by atoms with Crippen LogP contribution in [0.5, 0.6) is 0 Å². The molecule has 2 heterocycles. The molecule has 120 valence electrons. The van der Waals surface area contributed by atoms with Crippen molar-refractivity contribution in [2.75, 3.05) is 11.9 Å². The van der Waals surface area contributed by atoms with E-state index in [1.165, 1.54) is 29.7 Å². The summed E-state index contributed by atoms with van der Waals surface area (Å²) in [5, 5.41) is 5.53. The van der Waals surface area contributed by atoms with Crippen molar-refractivity contribution in [2.24, 2.45) is 0 Å². The Bertz CT molecular complexity index is 748. The molecule has 0 aromatic carbocycles. The van der Waals surface area contributed by atoms with Gasteiger partial charge in [0.1, 0.15) is 5.01 Å². The van der Waals surface area contributed by atoms with Gasteiger partial charge in [-0.2, -0.15) is 0 Å². The molecule has 0 aliphatic carbocycles. The molecule has 0 unspecified atom stereocenters. The molecule has 2 aromatic rings. The second-order valence-corrected chi connectivity index (χ2v) is 5.96. The fourth-order valence-corrected chi connectivity index (χ4v) is 2.37. The topological polar surface area (TPSA) is 81.2 Å². The van der Waals surface area contributed by atoms with Crippen LogP contribution in [0.3, 0.4) is 0 Å². The quantitative estimate of drug-likeness (QED) is 0.643. The maximum Gasteiger partial charge on any atom is 0.331 e. The summed E-state index contributed by atoms with van der Waals surface area (Å²) in [7, 11) is 0. The molecule has 0 fully saturated rings. The van der Waals surface area contributed by atoms with E-state index in [4.69, 9.17) is 27.9 Å². The summed E-state index contributed by atoms with van der Waals surface area (Å²) in [6.45, 7) is 1.24. The van der Waals surface area contributed by atoms with Crippen LogP contribution in [0, 0.1) is 6.92 Å². The van der Waals surface area contributed by atoms with Crippen LogP contribution in [-0.2, 0) is 14.3 Å². The van der Waals surface area contributed by atoms with E-state index in [-0.39, 0.29) is 10.8 Å². The molecule has 2 rings (SSSR count). The van der Waals surface area contributed by atoms with Crippen molar-refractivity contribution >= 4 is 58.3 Å². The molecule has 1 N–H and O–H groups in total. The molecule has 0 bridgehead atoms. The smallest absolute Gasteiger partial charge is 0.331 e. The van der Waals surface area contributed by atoms with Crippen LogP contribution in [-0.4, -0.2) is 28.5 Å². The van der Waals surface area contributed by atoms with Gasteiger partial charge >= 0.3 is 5.97 Å². The van der Waals surface area contributed by atoms with Gasteiger partial charge in [-0.3, -0.25) is 4.79 Å². The van der Waals surface area contributed by atoms with E-state index < -0.39 is 18.5 Å². The van der Waals surface area contributed by atoms with Gasteiger partial charge in [-0.15, -0.1) is 11.3 Å². The minimum atomic E-state index is -0.651. The van der Waals surface area contributed by atoms with E-state index in [0.29, 0.717) is 15.6 Å². The third-order valence-corrected chi connectivity index (χ3v) is 4.20. The molecule has 0 atom stereocenters. The van der Waals surface area contributed by atoms with Crippen LogP contribution in [0.4, 0.5) is 5.82 Å². The molecular weight excluding hydrogens is 361 g/mol. The number of anilines is 1. The molecule has 0 aliphatic heterocycles. The maximum atomic E-state index is 11.7. The fraction of sp³-hybridized carbons (Fsp3) is 0.143. The Labute approximate surface area is 146 Å². The number of amides is 1. The third-order valence-electron chi connectivity index (χ3n) is 2.62. The molecule has 9 heteroatoms. The highest BCUT2D eigenvalue weighted by atomic mass is 35.5. The lowest BCUT2D eigenvalue weighted by Crippen LogP contribution is -2.21. The van der Waals surface area contributed by atoms with Gasteiger partial charge in [0.2, 0.25) is 0 Å². The Kier molecular flexibility index (Phi) is 6.09. The molecule has 6 nitrogen and oxygen atoms in total. The minimum Gasteiger partial charge on any atom is -0.452 e. The fourth-order valence-electron chi connectivity index (χ4n) is 1.45. The summed E-state index contributed by atoms with van der Waals surface area (Å²) in [4.78, 5) is 31.1. The van der Waals surface area contributed by atoms with Crippen molar-refractivity contribution in [1.82, 2.24) is 9.97 Å². The zero-order chi connectivity index (χ0) is 16.8. The van der Waals surface area contributed by atoms with Crippen LogP contribution in [0.2, 0.25) is 10.0 Å². The summed E-state index contributed by atoms with van der Waals surface area (Å²) in [5.41, 5.74) is 0.599. The summed E-state index contributed by atoms with van der Waals surface area (Å²) in [5.74, 6) is -1.05. The van der Waals surface area contributed by atoms with Gasteiger partial charge in [-0.05, 0) is 18.6 Å². The zero-order valence-electron chi connectivity index (χ0n) is 11.9. The lowest BCUT2D eigenvalue weighted by Gasteiger charge is -2.08. The van der Waals surface area contributed by atoms with E-state index >= 15 is 0 Å². The van der Waals surface area contributed by atoms with Crippen molar-refractivity contribution in [2.45, 2.75) is 6.92 Å². The van der Waals surface area contributed by atoms with Gasteiger partial charge in [-0.1, -0.05) is 23.2 Å². The molecular formula is C14H11Cl2N3O3S. The monoisotopic (exact) mass is 371 g/mol. The Morgan fingerprint density at radius 2 is 2.17 bits per heavy atom. The molecule has 0 saturated carbocycles. The number of esters is 1. The Balaban J connectivity index is 1.86. The van der Waals surface area contributed by atoms with Gasteiger partial charge in [-0.25, -0.2) is 14.8 Å². The van der Waals surface area contributed by atoms with E-state index in [1.807, 2.05) is 0 Å². The Morgan fingerprint density at radius 1 is 1.39 bits per heavy atom. The zero-order valence-corrected chi connectivity index (χ0v) is 14.2. The molecule has 23 heavy (non-hydrogen) atoms. The van der Waals surface area contributed by atoms with Crippen molar-refractivity contribution in [1.29, 1.82) is 0 Å². The normalized spacial score (nSPS) is 10.7. The van der Waals surface area contributed by atoms with Crippen LogP contribution in [0.25, 0.3) is 6.08 Å². The first-order chi connectivity index (χ1) is 11.0. The lowest BCUT2D eigenvalue weighted by atomic mass is 10.3. The number of thiazole rings is 1. The number of nitrogens with zero attached hydrogens (tertiary/aromatic N) is 2. The molecule has 0 saturated heterocycles. The van der Waals surface area contributed by atoms with Gasteiger partial charge < -0.3 is 10.1 Å². The molecule has 0 spiro atoms. The highest BCUT2D eigenvalue weighted by Crippen LogP contribution is 2.28. The maximum absolute atomic E-state index is 11.7. The largest absolute Gasteiger partial charge is 0.452 e. The molecule has 0 radical (unpaired) electrons. The number of rotatable bonds is 5. The molecule has 1 amide bonds. The van der Waals surface area contributed by atoms with Crippen LogP contribution in [0.15, 0.2) is 23.8 Å². The number of carbonyl (C=O) groups excluding carboxylic acids is 2. The lowest BCUT2D eigenvalue weighted by molar-refractivity contribution is -0.142. The van der Waals surface area contributed by atoms with E-state index in [1.54, 1.807) is 18.5 Å². The van der Waals surface area contributed by atoms with Gasteiger partial charge in [0.25, 0.3) is 5.91 Å². The first-order valence-electron chi connectivity index (χ1n) is 6.32. The first kappa shape index (κ1) is 17.4. The number of ether oxygens (including phenoxy) is 1. The van der Waals surface area contributed by atoms with Crippen molar-refractivity contribution < 1.29 is 14.3 Å². The van der Waals surface area contributed by atoms with E-state index in [2.05, 4.69) is 15.3 Å². The molecule has 0 aliphatic rings. The summed E-state index contributed by atoms with van der Waals surface area (Å²) in [6.07, 6.45) is 5.70. The predicted octanol–water partition coefficient (Wildman–Crippen LogP) is 3.35. The SMILES string of the molecule is Cc1c(Cl)cnc(NC(=O)COC(=O)C=Cc2nccs2)c1Cl. The van der Waals surface area contributed by atoms with Gasteiger partial charge in [0.15, 0.2) is 12.4 Å². The van der Waals surface area contributed by atoms with Crippen LogP contribution < -0.4 is 5.32 Å². The van der Waals surface area contributed by atoms with E-state index in [0.717, 1.165) is 0 Å². The summed E-state index contributed by atoms with van der Waals surface area (Å²) < 4.78 is 4.81. The highest BCUT2D eigenvalue weighted by molar-refractivity contribution is 7.10. The predicted molar refractivity (Wildman–Crippen MR) is 89.7 cm³/mol. The van der Waals surface area contributed by atoms with Gasteiger partial charge in [0.05, 0.1) is 10.0 Å². The Morgan fingerprint density at radius 3 is 2.87 bits per heavy atom. The minimum absolute atomic E-state index is 0.160. The number of carbonyl (C=O) groups is 2. The number of halogens is 2. The summed E-state index contributed by atoms with van der Waals surface area (Å²) >= 11 is 13.3. The number of hydrogen-bond donors (Lipinski definition) is 1. The molecule has 2 aromatic heterocycles. The van der Waals surface area contributed by atoms with E-state index in [9.17, 15) is 9.59 Å². The number of hydrogen-bond acceptors (Lipinski definition) is 6. The first-order valence-corrected chi connectivity index (χ1v) is 7.95. The van der Waals surface area contributed by atoms with Gasteiger partial charge in [0, 0.05) is 23.8 Å². The summed E-state index contributed by atoms with van der Waals surface area (Å²) in [6, 6.07) is 0.